The molecule has 96 valence electrons. The van der Waals surface area contributed by atoms with E-state index < -0.39 is 0 Å². The van der Waals surface area contributed by atoms with Crippen molar-refractivity contribution in [3.63, 3.8) is 0 Å². The summed E-state index contributed by atoms with van der Waals surface area (Å²) in [6.45, 7) is 0. The van der Waals surface area contributed by atoms with E-state index in [1.807, 2.05) is 30.3 Å². The number of benzene rings is 2. The molecule has 2 aromatic carbocycles. The van der Waals surface area contributed by atoms with Gasteiger partial charge in [0.05, 0.1) is 11.1 Å². The number of fused-ring (bicyclic) bond motifs is 1. The van der Waals surface area contributed by atoms with E-state index in [4.69, 9.17) is 17.3 Å². The number of halogens is 2. The fourth-order valence-electron chi connectivity index (χ4n) is 2.17. The molecule has 0 radical (unpaired) electrons. The van der Waals surface area contributed by atoms with Crippen LogP contribution in [0.1, 0.15) is 17.2 Å². The Morgan fingerprint density at radius 1 is 1.05 bits per heavy atom. The maximum absolute atomic E-state index is 6.40. The van der Waals surface area contributed by atoms with Crippen molar-refractivity contribution in [3.8, 4) is 0 Å². The van der Waals surface area contributed by atoms with Crippen molar-refractivity contribution in [2.75, 3.05) is 0 Å². The monoisotopic (exact) mass is 351 g/mol. The van der Waals surface area contributed by atoms with Crippen molar-refractivity contribution in [2.45, 2.75) is 6.04 Å². The van der Waals surface area contributed by atoms with Crippen molar-refractivity contribution in [1.82, 2.24) is 0 Å². The van der Waals surface area contributed by atoms with Gasteiger partial charge in [0, 0.05) is 9.17 Å². The molecule has 3 aromatic rings. The molecular formula is C15H11BrClNS. The number of nitrogens with two attached hydrogens (primary N) is 1. The molecule has 0 aliphatic rings. The molecule has 1 atom stereocenters. The van der Waals surface area contributed by atoms with Gasteiger partial charge in [-0.1, -0.05) is 41.9 Å². The molecular weight excluding hydrogens is 342 g/mol. The van der Waals surface area contributed by atoms with Crippen molar-refractivity contribution >= 4 is 49.0 Å². The van der Waals surface area contributed by atoms with Crippen LogP contribution in [0.25, 0.3) is 10.1 Å². The molecule has 19 heavy (non-hydrogen) atoms. The summed E-state index contributed by atoms with van der Waals surface area (Å²) in [5.74, 6) is 0. The first-order valence-electron chi connectivity index (χ1n) is 5.84. The molecule has 0 bridgehead atoms. The van der Waals surface area contributed by atoms with Crippen molar-refractivity contribution < 1.29 is 0 Å². The Bertz CT molecular complexity index is 738. The third kappa shape index (κ3) is 2.32. The standard InChI is InChI=1S/C15H11BrClNS/c16-12-6-3-5-10(14(12)17)15(18)11-8-19-13-7-2-1-4-9(11)13/h1-8,15H,18H2. The Morgan fingerprint density at radius 3 is 2.68 bits per heavy atom. The lowest BCUT2D eigenvalue weighted by molar-refractivity contribution is 0.884. The van der Waals surface area contributed by atoms with Crippen LogP contribution >= 0.6 is 38.9 Å². The van der Waals surface area contributed by atoms with Crippen molar-refractivity contribution in [1.29, 1.82) is 0 Å². The van der Waals surface area contributed by atoms with Crippen LogP contribution in [0.2, 0.25) is 5.02 Å². The molecule has 0 saturated heterocycles. The molecule has 1 nitrogen and oxygen atoms in total. The number of hydrogen-bond donors (Lipinski definition) is 1. The molecule has 0 aliphatic carbocycles. The molecule has 2 N–H and O–H groups in total. The van der Waals surface area contributed by atoms with E-state index in [9.17, 15) is 0 Å². The average molecular weight is 353 g/mol. The minimum absolute atomic E-state index is 0.207. The zero-order chi connectivity index (χ0) is 13.4. The van der Waals surface area contributed by atoms with Crippen LogP contribution < -0.4 is 5.73 Å². The van der Waals surface area contributed by atoms with Gasteiger partial charge in [-0.25, -0.2) is 0 Å². The largest absolute Gasteiger partial charge is 0.320 e. The zero-order valence-corrected chi connectivity index (χ0v) is 13.1. The summed E-state index contributed by atoms with van der Waals surface area (Å²) < 4.78 is 2.13. The second-order valence-corrected chi connectivity index (χ2v) is 6.45. The van der Waals surface area contributed by atoms with Gasteiger partial charge < -0.3 is 5.73 Å². The SMILES string of the molecule is NC(c1cccc(Br)c1Cl)c1csc2ccccc12. The van der Waals surface area contributed by atoms with Crippen LogP contribution in [-0.4, -0.2) is 0 Å². The smallest absolute Gasteiger partial charge is 0.0599 e. The molecule has 0 fully saturated rings. The summed E-state index contributed by atoms with van der Waals surface area (Å²) in [4.78, 5) is 0. The quantitative estimate of drug-likeness (QED) is 0.659. The Labute approximate surface area is 129 Å². The Balaban J connectivity index is 2.13. The summed E-state index contributed by atoms with van der Waals surface area (Å²) in [5, 5.41) is 4.01. The topological polar surface area (TPSA) is 26.0 Å². The predicted molar refractivity (Wildman–Crippen MR) is 87.0 cm³/mol. The van der Waals surface area contributed by atoms with E-state index in [-0.39, 0.29) is 6.04 Å². The number of thiophene rings is 1. The average Bonchev–Trinajstić information content (AvgIpc) is 2.85. The van der Waals surface area contributed by atoms with Gasteiger partial charge in [0.1, 0.15) is 0 Å². The van der Waals surface area contributed by atoms with Gasteiger partial charge in [0.15, 0.2) is 0 Å². The third-order valence-corrected chi connectivity index (χ3v) is 5.46. The molecule has 3 rings (SSSR count). The van der Waals surface area contributed by atoms with E-state index >= 15 is 0 Å². The predicted octanol–water partition coefficient (Wildman–Crippen LogP) is 5.37. The Kier molecular flexibility index (Phi) is 3.63. The van der Waals surface area contributed by atoms with Crippen LogP contribution in [0.4, 0.5) is 0 Å². The van der Waals surface area contributed by atoms with E-state index in [1.165, 1.54) is 10.1 Å². The summed E-state index contributed by atoms with van der Waals surface area (Å²) in [6.07, 6.45) is 0. The summed E-state index contributed by atoms with van der Waals surface area (Å²) in [5.41, 5.74) is 8.47. The maximum Gasteiger partial charge on any atom is 0.0599 e. The fraction of sp³-hybridized carbons (Fsp3) is 0.0667. The lowest BCUT2D eigenvalue weighted by atomic mass is 9.99. The third-order valence-electron chi connectivity index (χ3n) is 3.16. The van der Waals surface area contributed by atoms with Gasteiger partial charge in [-0.3, -0.25) is 0 Å². The summed E-state index contributed by atoms with van der Waals surface area (Å²) >= 11 is 11.5. The highest BCUT2D eigenvalue weighted by Crippen LogP contribution is 2.36. The summed E-state index contributed by atoms with van der Waals surface area (Å²) in [6, 6.07) is 13.9. The second-order valence-electron chi connectivity index (χ2n) is 4.31. The molecule has 1 aromatic heterocycles. The highest BCUT2D eigenvalue weighted by atomic mass is 79.9. The first kappa shape index (κ1) is 13.1. The molecule has 4 heteroatoms. The summed E-state index contributed by atoms with van der Waals surface area (Å²) in [7, 11) is 0. The maximum atomic E-state index is 6.40. The van der Waals surface area contributed by atoms with Crippen molar-refractivity contribution in [2.24, 2.45) is 5.73 Å². The Morgan fingerprint density at radius 2 is 1.84 bits per heavy atom. The minimum atomic E-state index is -0.207. The fourth-order valence-corrected chi connectivity index (χ4v) is 3.79. The van der Waals surface area contributed by atoms with E-state index in [2.05, 4.69) is 33.4 Å². The normalized spacial score (nSPS) is 12.8. The lowest BCUT2D eigenvalue weighted by Crippen LogP contribution is -2.11. The van der Waals surface area contributed by atoms with Crippen molar-refractivity contribution in [3.05, 3.63) is 68.5 Å². The highest BCUT2D eigenvalue weighted by molar-refractivity contribution is 9.10. The van der Waals surface area contributed by atoms with Crippen LogP contribution in [0.5, 0.6) is 0 Å². The number of hydrogen-bond acceptors (Lipinski definition) is 2. The number of rotatable bonds is 2. The van der Waals surface area contributed by atoms with Crippen LogP contribution in [0, 0.1) is 0 Å². The minimum Gasteiger partial charge on any atom is -0.320 e. The van der Waals surface area contributed by atoms with Gasteiger partial charge in [0.2, 0.25) is 0 Å². The van der Waals surface area contributed by atoms with Gasteiger partial charge >= 0.3 is 0 Å². The molecule has 0 aliphatic heterocycles. The molecule has 1 heterocycles. The van der Waals surface area contributed by atoms with E-state index in [0.29, 0.717) is 5.02 Å². The first-order chi connectivity index (χ1) is 9.18. The van der Waals surface area contributed by atoms with Crippen LogP contribution in [-0.2, 0) is 0 Å². The molecule has 0 saturated carbocycles. The van der Waals surface area contributed by atoms with Gasteiger partial charge in [-0.05, 0) is 50.0 Å². The second kappa shape index (κ2) is 5.25. The zero-order valence-electron chi connectivity index (χ0n) is 9.94. The van der Waals surface area contributed by atoms with Gasteiger partial charge in [-0.2, -0.15) is 0 Å². The highest BCUT2D eigenvalue weighted by Gasteiger charge is 2.17. The van der Waals surface area contributed by atoms with Crippen LogP contribution in [0.3, 0.4) is 0 Å². The molecule has 1 unspecified atom stereocenters. The van der Waals surface area contributed by atoms with Gasteiger partial charge in [0.25, 0.3) is 0 Å². The molecule has 0 amide bonds. The Hall–Kier alpha value is -0.870. The van der Waals surface area contributed by atoms with E-state index in [0.717, 1.165) is 15.6 Å². The van der Waals surface area contributed by atoms with E-state index in [1.54, 1.807) is 11.3 Å². The lowest BCUT2D eigenvalue weighted by Gasteiger charge is -2.14. The van der Waals surface area contributed by atoms with Crippen LogP contribution in [0.15, 0.2) is 52.3 Å². The first-order valence-corrected chi connectivity index (χ1v) is 7.89. The van der Waals surface area contributed by atoms with Gasteiger partial charge in [-0.15, -0.1) is 11.3 Å². The molecule has 0 spiro atoms.